The van der Waals surface area contributed by atoms with Crippen LogP contribution in [0, 0.1) is 21.4 Å². The van der Waals surface area contributed by atoms with E-state index in [1.807, 2.05) is 0 Å². The van der Waals surface area contributed by atoms with Crippen molar-refractivity contribution in [2.45, 2.75) is 12.2 Å². The summed E-state index contributed by atoms with van der Waals surface area (Å²) in [5.41, 5.74) is -1.90. The van der Waals surface area contributed by atoms with Gasteiger partial charge in [-0.1, -0.05) is 0 Å². The van der Waals surface area contributed by atoms with Crippen LogP contribution in [0.5, 0.6) is 5.75 Å². The van der Waals surface area contributed by atoms with Crippen molar-refractivity contribution in [2.75, 3.05) is 26.2 Å². The SMILES string of the molecule is Cl.Cl.N#Cc1cc([C@@H](N2CCNCC2)C(F)(F)F)c(O)c([N+](=O)[O-])c1. The van der Waals surface area contributed by atoms with Crippen molar-refractivity contribution in [1.29, 1.82) is 5.26 Å². The Morgan fingerprint density at radius 3 is 2.32 bits per heavy atom. The fourth-order valence-corrected chi connectivity index (χ4v) is 2.57. The first kappa shape index (κ1) is 23.2. The average Bonchev–Trinajstić information content (AvgIpc) is 2.48. The molecule has 0 saturated carbocycles. The van der Waals surface area contributed by atoms with E-state index in [1.54, 1.807) is 6.07 Å². The largest absolute Gasteiger partial charge is 0.502 e. The maximum atomic E-state index is 13.5. The summed E-state index contributed by atoms with van der Waals surface area (Å²) in [6, 6.07) is 0.978. The van der Waals surface area contributed by atoms with E-state index in [1.165, 1.54) is 0 Å². The van der Waals surface area contributed by atoms with Crippen molar-refractivity contribution in [1.82, 2.24) is 10.2 Å². The molecule has 0 spiro atoms. The minimum absolute atomic E-state index is 0. The van der Waals surface area contributed by atoms with Crippen molar-refractivity contribution in [3.63, 3.8) is 0 Å². The first-order valence-electron chi connectivity index (χ1n) is 6.68. The number of phenolic OH excluding ortho intramolecular Hbond substituents is 1. The highest BCUT2D eigenvalue weighted by molar-refractivity contribution is 5.85. The first-order valence-corrected chi connectivity index (χ1v) is 6.68. The fourth-order valence-electron chi connectivity index (χ4n) is 2.57. The van der Waals surface area contributed by atoms with Gasteiger partial charge in [-0.25, -0.2) is 0 Å². The van der Waals surface area contributed by atoms with Gasteiger partial charge in [-0.3, -0.25) is 15.0 Å². The summed E-state index contributed by atoms with van der Waals surface area (Å²) in [6.07, 6.45) is -4.75. The summed E-state index contributed by atoms with van der Waals surface area (Å²) in [4.78, 5) is 11.0. The lowest BCUT2D eigenvalue weighted by Gasteiger charge is -2.36. The van der Waals surface area contributed by atoms with Crippen molar-refractivity contribution >= 4 is 30.5 Å². The molecule has 0 amide bonds. The van der Waals surface area contributed by atoms with Crippen LogP contribution in [0.1, 0.15) is 17.2 Å². The molecule has 0 bridgehead atoms. The van der Waals surface area contributed by atoms with Crippen LogP contribution in [0.15, 0.2) is 12.1 Å². The number of phenols is 1. The second-order valence-corrected chi connectivity index (χ2v) is 5.03. The van der Waals surface area contributed by atoms with Gasteiger partial charge in [-0.05, 0) is 6.07 Å². The van der Waals surface area contributed by atoms with Crippen molar-refractivity contribution < 1.29 is 23.2 Å². The number of nitriles is 1. The Bertz CT molecular complexity index is 661. The number of rotatable bonds is 3. The molecule has 1 atom stereocenters. The molecule has 7 nitrogen and oxygen atoms in total. The van der Waals surface area contributed by atoms with Gasteiger partial charge in [0.1, 0.15) is 6.04 Å². The number of nitro groups is 1. The zero-order chi connectivity index (χ0) is 17.2. The number of benzene rings is 1. The lowest BCUT2D eigenvalue weighted by molar-refractivity contribution is -0.386. The number of nitrogens with one attached hydrogen (secondary N) is 1. The van der Waals surface area contributed by atoms with Crippen LogP contribution in [-0.4, -0.2) is 47.3 Å². The van der Waals surface area contributed by atoms with E-state index in [0.717, 1.165) is 17.0 Å². The molecular formula is C13H15Cl2F3N4O3. The van der Waals surface area contributed by atoms with Gasteiger partial charge in [-0.2, -0.15) is 18.4 Å². The molecule has 1 aliphatic heterocycles. The standard InChI is InChI=1S/C13H13F3N4O3.2ClH/c14-13(15,16)12(19-3-1-18-2-4-19)9-5-8(7-17)6-10(11(9)21)20(22)23;;/h5-6,12,18,21H,1-4H2;2*1H/t12-;;/m1../s1. The van der Waals surface area contributed by atoms with Gasteiger partial charge in [0, 0.05) is 37.8 Å². The predicted octanol–water partition coefficient (Wildman–Crippen LogP) is 2.52. The summed E-state index contributed by atoms with van der Waals surface area (Å²) >= 11 is 0. The summed E-state index contributed by atoms with van der Waals surface area (Å²) < 4.78 is 40.5. The Balaban J connectivity index is 0.00000288. The van der Waals surface area contributed by atoms with Gasteiger partial charge in [0.2, 0.25) is 0 Å². The maximum Gasteiger partial charge on any atom is 0.408 e. The second-order valence-electron chi connectivity index (χ2n) is 5.03. The quantitative estimate of drug-likeness (QED) is 0.594. The molecule has 0 aliphatic carbocycles. The molecular weight excluding hydrogens is 388 g/mol. The van der Waals surface area contributed by atoms with Crippen LogP contribution in [0.2, 0.25) is 0 Å². The molecule has 2 rings (SSSR count). The van der Waals surface area contributed by atoms with Gasteiger partial charge in [0.05, 0.1) is 16.6 Å². The zero-order valence-electron chi connectivity index (χ0n) is 12.6. The van der Waals surface area contributed by atoms with Gasteiger partial charge >= 0.3 is 11.9 Å². The highest BCUT2D eigenvalue weighted by Crippen LogP contribution is 2.44. The first-order chi connectivity index (χ1) is 10.8. The Morgan fingerprint density at radius 1 is 1.32 bits per heavy atom. The Kier molecular flexibility index (Phi) is 8.40. The van der Waals surface area contributed by atoms with Crippen LogP contribution < -0.4 is 5.32 Å². The van der Waals surface area contributed by atoms with E-state index in [9.17, 15) is 28.4 Å². The number of piperazine rings is 1. The molecule has 12 heteroatoms. The van der Waals surface area contributed by atoms with E-state index >= 15 is 0 Å². The molecule has 1 aromatic rings. The highest BCUT2D eigenvalue weighted by atomic mass is 35.5. The van der Waals surface area contributed by atoms with E-state index in [2.05, 4.69) is 5.32 Å². The van der Waals surface area contributed by atoms with Crippen LogP contribution in [0.25, 0.3) is 0 Å². The minimum atomic E-state index is -4.75. The third kappa shape index (κ3) is 5.09. The van der Waals surface area contributed by atoms with Gasteiger partial charge in [-0.15, -0.1) is 24.8 Å². The lowest BCUT2D eigenvalue weighted by atomic mass is 9.99. The second kappa shape index (κ2) is 9.05. The van der Waals surface area contributed by atoms with Crippen LogP contribution in [0.4, 0.5) is 18.9 Å². The van der Waals surface area contributed by atoms with Crippen LogP contribution in [-0.2, 0) is 0 Å². The number of hydrogen-bond acceptors (Lipinski definition) is 6. The van der Waals surface area contributed by atoms with Crippen molar-refractivity contribution in [3.05, 3.63) is 33.4 Å². The third-order valence-corrected chi connectivity index (χ3v) is 3.57. The molecule has 1 fully saturated rings. The Hall–Kier alpha value is -1.80. The zero-order valence-corrected chi connectivity index (χ0v) is 14.2. The Morgan fingerprint density at radius 2 is 1.88 bits per heavy atom. The molecule has 0 aromatic heterocycles. The molecule has 0 radical (unpaired) electrons. The number of alkyl halides is 3. The number of hydrogen-bond donors (Lipinski definition) is 2. The van der Waals surface area contributed by atoms with E-state index in [0.29, 0.717) is 13.1 Å². The smallest absolute Gasteiger partial charge is 0.408 e. The lowest BCUT2D eigenvalue weighted by Crippen LogP contribution is -2.49. The molecule has 1 heterocycles. The van der Waals surface area contributed by atoms with Crippen LogP contribution in [0.3, 0.4) is 0 Å². The normalized spacial score (nSPS) is 16.1. The monoisotopic (exact) mass is 402 g/mol. The van der Waals surface area contributed by atoms with E-state index < -0.39 is 34.1 Å². The maximum absolute atomic E-state index is 13.5. The predicted molar refractivity (Wildman–Crippen MR) is 87.2 cm³/mol. The molecule has 0 unspecified atom stereocenters. The number of aromatic hydroxyl groups is 1. The van der Waals surface area contributed by atoms with Gasteiger partial charge in [0.25, 0.3) is 0 Å². The molecule has 1 saturated heterocycles. The molecule has 2 N–H and O–H groups in total. The third-order valence-electron chi connectivity index (χ3n) is 3.57. The summed E-state index contributed by atoms with van der Waals surface area (Å²) in [7, 11) is 0. The highest BCUT2D eigenvalue weighted by Gasteiger charge is 2.47. The fraction of sp³-hybridized carbons (Fsp3) is 0.462. The number of nitro benzene ring substituents is 1. The van der Waals surface area contributed by atoms with Gasteiger partial charge < -0.3 is 10.4 Å². The topological polar surface area (TPSA) is 102 Å². The summed E-state index contributed by atoms with van der Waals surface area (Å²) in [5.74, 6) is -1.06. The minimum Gasteiger partial charge on any atom is -0.502 e. The summed E-state index contributed by atoms with van der Waals surface area (Å²) in [6.45, 7) is 0.781. The van der Waals surface area contributed by atoms with Crippen LogP contribution >= 0.6 is 24.8 Å². The average molecular weight is 403 g/mol. The van der Waals surface area contributed by atoms with E-state index in [-0.39, 0.29) is 43.5 Å². The molecule has 25 heavy (non-hydrogen) atoms. The number of halogens is 5. The summed E-state index contributed by atoms with van der Waals surface area (Å²) in [5, 5.41) is 32.7. The molecule has 1 aliphatic rings. The molecule has 1 aromatic carbocycles. The van der Waals surface area contributed by atoms with Crippen molar-refractivity contribution in [3.8, 4) is 11.8 Å². The van der Waals surface area contributed by atoms with E-state index in [4.69, 9.17) is 5.26 Å². The van der Waals surface area contributed by atoms with Crippen molar-refractivity contribution in [2.24, 2.45) is 0 Å². The number of nitrogens with zero attached hydrogens (tertiary/aromatic N) is 3. The molecule has 140 valence electrons. The van der Waals surface area contributed by atoms with Gasteiger partial charge in [0.15, 0.2) is 5.75 Å². The Labute approximate surface area is 153 Å².